The van der Waals surface area contributed by atoms with Gasteiger partial charge in [-0.05, 0) is 43.8 Å². The normalized spacial score (nSPS) is 24.1. The Morgan fingerprint density at radius 2 is 1.90 bits per heavy atom. The summed E-state index contributed by atoms with van der Waals surface area (Å²) in [6.45, 7) is 2.15. The molecule has 0 bridgehead atoms. The molecule has 20 heavy (non-hydrogen) atoms. The first-order valence-electron chi connectivity index (χ1n) is 7.20. The molecule has 1 N–H and O–H groups in total. The van der Waals surface area contributed by atoms with Gasteiger partial charge >= 0.3 is 0 Å². The zero-order valence-electron chi connectivity index (χ0n) is 11.9. The van der Waals surface area contributed by atoms with Crippen LogP contribution in [0, 0.1) is 0 Å². The predicted molar refractivity (Wildman–Crippen MR) is 84.3 cm³/mol. The summed E-state index contributed by atoms with van der Waals surface area (Å²) in [5, 5.41) is 6.55. The lowest BCUT2D eigenvalue weighted by Gasteiger charge is -2.25. The minimum absolute atomic E-state index is 0.210. The summed E-state index contributed by atoms with van der Waals surface area (Å²) in [4.78, 5) is 0. The Morgan fingerprint density at radius 3 is 2.55 bits per heavy atom. The maximum absolute atomic E-state index is 6.31. The number of hydrogen-bond donors (Lipinski definition) is 1. The Morgan fingerprint density at radius 1 is 1.15 bits per heavy atom. The fraction of sp³-hybridized carbons (Fsp3) is 0.412. The van der Waals surface area contributed by atoms with Gasteiger partial charge in [0.05, 0.1) is 18.2 Å². The molecule has 1 aliphatic rings. The van der Waals surface area contributed by atoms with Gasteiger partial charge in [0.15, 0.2) is 0 Å². The van der Waals surface area contributed by atoms with Crippen molar-refractivity contribution in [1.29, 1.82) is 0 Å². The van der Waals surface area contributed by atoms with Gasteiger partial charge in [-0.2, -0.15) is 0 Å². The molecule has 3 atom stereocenters. The van der Waals surface area contributed by atoms with Gasteiger partial charge in [-0.15, -0.1) is 0 Å². The predicted octanol–water partition coefficient (Wildman–Crippen LogP) is 4.32. The van der Waals surface area contributed by atoms with E-state index in [1.165, 1.54) is 10.9 Å². The molecule has 2 aromatic rings. The van der Waals surface area contributed by atoms with Gasteiger partial charge in [-0.1, -0.05) is 41.9 Å². The number of hydrogen-bond acceptors (Lipinski definition) is 2. The number of halogens is 1. The molecule has 1 aliphatic heterocycles. The molecule has 0 saturated carbocycles. The Labute approximate surface area is 125 Å². The second-order valence-electron chi connectivity index (χ2n) is 5.51. The molecule has 3 rings (SSSR count). The average molecular weight is 290 g/mol. The third-order valence-electron chi connectivity index (χ3n) is 4.19. The Balaban J connectivity index is 2.06. The molecule has 2 aromatic carbocycles. The minimum Gasteiger partial charge on any atom is -0.373 e. The summed E-state index contributed by atoms with van der Waals surface area (Å²) >= 11 is 6.31. The summed E-state index contributed by atoms with van der Waals surface area (Å²) in [6, 6.07) is 12.6. The molecule has 0 aliphatic carbocycles. The molecular formula is C17H20ClNO. The Hall–Kier alpha value is -1.09. The van der Waals surface area contributed by atoms with Crippen molar-refractivity contribution in [3.63, 3.8) is 0 Å². The zero-order chi connectivity index (χ0) is 14.1. The van der Waals surface area contributed by atoms with E-state index in [-0.39, 0.29) is 12.1 Å². The van der Waals surface area contributed by atoms with Gasteiger partial charge in [0.1, 0.15) is 0 Å². The van der Waals surface area contributed by atoms with Crippen LogP contribution in [0.4, 0.5) is 0 Å². The van der Waals surface area contributed by atoms with Crippen molar-refractivity contribution in [3.8, 4) is 0 Å². The summed E-state index contributed by atoms with van der Waals surface area (Å²) in [6.07, 6.45) is 2.83. The van der Waals surface area contributed by atoms with Gasteiger partial charge in [0.2, 0.25) is 0 Å². The Bertz CT molecular complexity index is 613. The lowest BCUT2D eigenvalue weighted by atomic mass is 9.94. The lowest BCUT2D eigenvalue weighted by Crippen LogP contribution is -2.29. The number of likely N-dealkylation sites (N-methyl/N-ethyl adjacent to an activating group) is 1. The average Bonchev–Trinajstić information content (AvgIpc) is 2.89. The maximum atomic E-state index is 6.31. The summed E-state index contributed by atoms with van der Waals surface area (Å²) in [5.41, 5.74) is 1.27. The molecule has 1 fully saturated rings. The molecule has 0 spiro atoms. The standard InChI is InChI=1S/C17H20ClNO/c1-11-7-10-16(20-11)17(19-2)14-8-9-15(18)13-6-4-3-5-12(13)14/h3-6,8-9,11,16-17,19H,7,10H2,1-2H3. The number of ether oxygens (including phenoxy) is 1. The van der Waals surface area contributed by atoms with Crippen molar-refractivity contribution in [3.05, 3.63) is 47.0 Å². The van der Waals surface area contributed by atoms with Crippen LogP contribution in [0.5, 0.6) is 0 Å². The van der Waals surface area contributed by atoms with Crippen LogP contribution >= 0.6 is 11.6 Å². The van der Waals surface area contributed by atoms with Crippen molar-refractivity contribution < 1.29 is 4.74 Å². The highest BCUT2D eigenvalue weighted by atomic mass is 35.5. The third-order valence-corrected chi connectivity index (χ3v) is 4.52. The van der Waals surface area contributed by atoms with Gasteiger partial charge in [0, 0.05) is 10.4 Å². The van der Waals surface area contributed by atoms with E-state index in [1.807, 2.05) is 19.2 Å². The molecule has 0 radical (unpaired) electrons. The lowest BCUT2D eigenvalue weighted by molar-refractivity contribution is 0.0336. The molecule has 0 aromatic heterocycles. The maximum Gasteiger partial charge on any atom is 0.0774 e. The third kappa shape index (κ3) is 2.44. The van der Waals surface area contributed by atoms with Crippen LogP contribution in [-0.2, 0) is 4.74 Å². The highest BCUT2D eigenvalue weighted by molar-refractivity contribution is 6.35. The highest BCUT2D eigenvalue weighted by Crippen LogP contribution is 2.35. The van der Waals surface area contributed by atoms with E-state index in [2.05, 4.69) is 36.5 Å². The first kappa shape index (κ1) is 13.9. The topological polar surface area (TPSA) is 21.3 Å². The van der Waals surface area contributed by atoms with Crippen molar-refractivity contribution in [2.24, 2.45) is 0 Å². The molecule has 1 saturated heterocycles. The van der Waals surface area contributed by atoms with E-state index in [0.717, 1.165) is 23.3 Å². The molecule has 3 unspecified atom stereocenters. The second kappa shape index (κ2) is 5.72. The fourth-order valence-corrected chi connectivity index (χ4v) is 3.40. The zero-order valence-corrected chi connectivity index (χ0v) is 12.7. The SMILES string of the molecule is CNC(c1ccc(Cl)c2ccccc12)C1CCC(C)O1. The first-order valence-corrected chi connectivity index (χ1v) is 7.58. The number of fused-ring (bicyclic) bond motifs is 1. The number of rotatable bonds is 3. The van der Waals surface area contributed by atoms with Crippen molar-refractivity contribution >= 4 is 22.4 Å². The molecule has 0 amide bonds. The van der Waals surface area contributed by atoms with Gasteiger partial charge in [-0.3, -0.25) is 0 Å². The van der Waals surface area contributed by atoms with Crippen LogP contribution in [0.3, 0.4) is 0 Å². The van der Waals surface area contributed by atoms with E-state index in [9.17, 15) is 0 Å². The second-order valence-corrected chi connectivity index (χ2v) is 5.92. The number of nitrogens with one attached hydrogen (secondary N) is 1. The Kier molecular flexibility index (Phi) is 3.97. The van der Waals surface area contributed by atoms with Gasteiger partial charge < -0.3 is 10.1 Å². The molecule has 1 heterocycles. The summed E-state index contributed by atoms with van der Waals surface area (Å²) in [5.74, 6) is 0. The van der Waals surface area contributed by atoms with Crippen molar-refractivity contribution in [2.75, 3.05) is 7.05 Å². The van der Waals surface area contributed by atoms with Gasteiger partial charge in [-0.25, -0.2) is 0 Å². The first-order chi connectivity index (χ1) is 9.70. The smallest absolute Gasteiger partial charge is 0.0774 e. The van der Waals surface area contributed by atoms with E-state index < -0.39 is 0 Å². The molecule has 3 heteroatoms. The quantitative estimate of drug-likeness (QED) is 0.908. The fourth-order valence-electron chi connectivity index (χ4n) is 3.18. The van der Waals surface area contributed by atoms with Crippen LogP contribution in [0.2, 0.25) is 5.02 Å². The summed E-state index contributed by atoms with van der Waals surface area (Å²) in [7, 11) is 2.00. The van der Waals surface area contributed by atoms with Crippen LogP contribution in [0.15, 0.2) is 36.4 Å². The minimum atomic E-state index is 0.210. The highest BCUT2D eigenvalue weighted by Gasteiger charge is 2.30. The molecule has 2 nitrogen and oxygen atoms in total. The van der Waals surface area contributed by atoms with E-state index in [1.54, 1.807) is 0 Å². The largest absolute Gasteiger partial charge is 0.373 e. The van der Waals surface area contributed by atoms with Crippen molar-refractivity contribution in [1.82, 2.24) is 5.32 Å². The monoisotopic (exact) mass is 289 g/mol. The van der Waals surface area contributed by atoms with E-state index in [4.69, 9.17) is 16.3 Å². The molecular weight excluding hydrogens is 270 g/mol. The van der Waals surface area contributed by atoms with Crippen LogP contribution in [0.25, 0.3) is 10.8 Å². The van der Waals surface area contributed by atoms with E-state index >= 15 is 0 Å². The van der Waals surface area contributed by atoms with Crippen LogP contribution in [0.1, 0.15) is 31.4 Å². The molecule has 106 valence electrons. The van der Waals surface area contributed by atoms with E-state index in [0.29, 0.717) is 6.10 Å². The van der Waals surface area contributed by atoms with Crippen LogP contribution < -0.4 is 5.32 Å². The summed E-state index contributed by atoms with van der Waals surface area (Å²) < 4.78 is 6.05. The van der Waals surface area contributed by atoms with Gasteiger partial charge in [0.25, 0.3) is 0 Å². The number of benzene rings is 2. The van der Waals surface area contributed by atoms with Crippen molar-refractivity contribution in [2.45, 2.75) is 38.0 Å². The van der Waals surface area contributed by atoms with Crippen LogP contribution in [-0.4, -0.2) is 19.3 Å².